The lowest BCUT2D eigenvalue weighted by atomic mass is 10.1. The Morgan fingerprint density at radius 2 is 1.50 bits per heavy atom. The van der Waals surface area contributed by atoms with Crippen LogP contribution in [0.3, 0.4) is 0 Å². The Morgan fingerprint density at radius 3 is 2.18 bits per heavy atom. The van der Waals surface area contributed by atoms with Gasteiger partial charge >= 0.3 is 0 Å². The van der Waals surface area contributed by atoms with E-state index in [0.29, 0.717) is 35.9 Å². The summed E-state index contributed by atoms with van der Waals surface area (Å²) in [6, 6.07) is 23.9. The molecule has 3 aromatic rings. The number of anilines is 2. The molecule has 3 aromatic carbocycles. The zero-order valence-corrected chi connectivity index (χ0v) is 19.5. The van der Waals surface area contributed by atoms with Gasteiger partial charge in [-0.2, -0.15) is 0 Å². The molecule has 0 aliphatic rings. The van der Waals surface area contributed by atoms with Gasteiger partial charge in [0.15, 0.2) is 0 Å². The van der Waals surface area contributed by atoms with Gasteiger partial charge in [-0.05, 0) is 67.9 Å². The predicted molar refractivity (Wildman–Crippen MR) is 135 cm³/mol. The zero-order valence-electron chi connectivity index (χ0n) is 19.5. The van der Waals surface area contributed by atoms with Crippen molar-refractivity contribution in [3.05, 3.63) is 84.4 Å². The van der Waals surface area contributed by atoms with E-state index in [1.54, 1.807) is 42.5 Å². The molecule has 0 aliphatic heterocycles. The number of ether oxygens (including phenoxy) is 2. The van der Waals surface area contributed by atoms with Crippen molar-refractivity contribution in [1.29, 1.82) is 0 Å². The summed E-state index contributed by atoms with van der Waals surface area (Å²) in [6.45, 7) is 4.91. The SMILES string of the molecule is CCC(C)NC(=O)c1cccc(NCC(=O)Nc2ccc(OCCOc3ccccc3)cc2)c1. The fourth-order valence-electron chi connectivity index (χ4n) is 3.04. The minimum absolute atomic E-state index is 0.0749. The number of nitrogens with one attached hydrogen (secondary N) is 3. The average Bonchev–Trinajstić information content (AvgIpc) is 2.87. The largest absolute Gasteiger partial charge is 0.490 e. The van der Waals surface area contributed by atoms with Crippen molar-refractivity contribution < 1.29 is 19.1 Å². The molecule has 0 fully saturated rings. The van der Waals surface area contributed by atoms with E-state index in [4.69, 9.17) is 9.47 Å². The van der Waals surface area contributed by atoms with Gasteiger partial charge in [-0.25, -0.2) is 0 Å². The van der Waals surface area contributed by atoms with Crippen molar-refractivity contribution in [2.45, 2.75) is 26.3 Å². The van der Waals surface area contributed by atoms with Gasteiger partial charge in [-0.15, -0.1) is 0 Å². The number of hydrogen-bond donors (Lipinski definition) is 3. The third-order valence-electron chi connectivity index (χ3n) is 5.07. The van der Waals surface area contributed by atoms with Crippen LogP contribution in [0.4, 0.5) is 11.4 Å². The third-order valence-corrected chi connectivity index (χ3v) is 5.07. The quantitative estimate of drug-likeness (QED) is 0.340. The number of amides is 2. The van der Waals surface area contributed by atoms with Gasteiger partial charge < -0.3 is 25.4 Å². The Balaban J connectivity index is 1.40. The molecule has 1 unspecified atom stereocenters. The lowest BCUT2D eigenvalue weighted by molar-refractivity contribution is -0.114. The van der Waals surface area contributed by atoms with Crippen LogP contribution in [-0.4, -0.2) is 37.6 Å². The molecule has 7 nitrogen and oxygen atoms in total. The normalized spacial score (nSPS) is 11.2. The van der Waals surface area contributed by atoms with Gasteiger partial charge in [0.25, 0.3) is 5.91 Å². The van der Waals surface area contributed by atoms with E-state index in [9.17, 15) is 9.59 Å². The lowest BCUT2D eigenvalue weighted by Crippen LogP contribution is -2.31. The summed E-state index contributed by atoms with van der Waals surface area (Å²) >= 11 is 0. The first kappa shape index (κ1) is 24.6. The van der Waals surface area contributed by atoms with Crippen LogP contribution in [0, 0.1) is 0 Å². The molecule has 178 valence electrons. The maximum Gasteiger partial charge on any atom is 0.251 e. The first-order valence-electron chi connectivity index (χ1n) is 11.4. The van der Waals surface area contributed by atoms with E-state index in [0.717, 1.165) is 12.2 Å². The molecular weight excluding hydrogens is 430 g/mol. The second-order valence-electron chi connectivity index (χ2n) is 7.80. The highest BCUT2D eigenvalue weighted by Crippen LogP contribution is 2.16. The first-order chi connectivity index (χ1) is 16.5. The van der Waals surface area contributed by atoms with E-state index in [1.165, 1.54) is 0 Å². The maximum absolute atomic E-state index is 12.3. The number of carbonyl (C=O) groups is 2. The highest BCUT2D eigenvalue weighted by Gasteiger charge is 2.09. The molecule has 7 heteroatoms. The van der Waals surface area contributed by atoms with Gasteiger partial charge in [0.05, 0.1) is 6.54 Å². The molecule has 0 bridgehead atoms. The van der Waals surface area contributed by atoms with Crippen molar-refractivity contribution in [3.8, 4) is 11.5 Å². The van der Waals surface area contributed by atoms with Crippen LogP contribution < -0.4 is 25.4 Å². The lowest BCUT2D eigenvalue weighted by Gasteiger charge is -2.13. The van der Waals surface area contributed by atoms with E-state index >= 15 is 0 Å². The van der Waals surface area contributed by atoms with Gasteiger partial charge in [-0.1, -0.05) is 31.2 Å². The molecule has 0 saturated heterocycles. The van der Waals surface area contributed by atoms with E-state index in [-0.39, 0.29) is 24.4 Å². The Labute approximate surface area is 200 Å². The number of hydrogen-bond acceptors (Lipinski definition) is 5. The van der Waals surface area contributed by atoms with Crippen LogP contribution in [0.25, 0.3) is 0 Å². The average molecular weight is 462 g/mol. The third kappa shape index (κ3) is 8.16. The van der Waals surface area contributed by atoms with Gasteiger partial charge in [0.1, 0.15) is 24.7 Å². The molecule has 3 rings (SSSR count). The summed E-state index contributed by atoms with van der Waals surface area (Å²) in [6.07, 6.45) is 0.861. The van der Waals surface area contributed by atoms with Crippen molar-refractivity contribution in [2.75, 3.05) is 30.4 Å². The monoisotopic (exact) mass is 461 g/mol. The van der Waals surface area contributed by atoms with Crippen LogP contribution in [0.2, 0.25) is 0 Å². The molecule has 0 saturated carbocycles. The summed E-state index contributed by atoms with van der Waals surface area (Å²) in [7, 11) is 0. The number of para-hydroxylation sites is 1. The Bertz CT molecular complexity index is 1050. The second kappa shape index (κ2) is 12.9. The summed E-state index contributed by atoms with van der Waals surface area (Å²) < 4.78 is 11.3. The minimum atomic E-state index is -0.195. The van der Waals surface area contributed by atoms with Crippen molar-refractivity contribution >= 4 is 23.2 Å². The van der Waals surface area contributed by atoms with Gasteiger partial charge in [0, 0.05) is 23.0 Å². The van der Waals surface area contributed by atoms with Crippen LogP contribution in [0.15, 0.2) is 78.9 Å². The van der Waals surface area contributed by atoms with E-state index in [2.05, 4.69) is 16.0 Å². The van der Waals surface area contributed by atoms with E-state index in [1.807, 2.05) is 50.2 Å². The predicted octanol–water partition coefficient (Wildman–Crippen LogP) is 4.72. The van der Waals surface area contributed by atoms with E-state index < -0.39 is 0 Å². The number of rotatable bonds is 12. The molecule has 0 radical (unpaired) electrons. The topological polar surface area (TPSA) is 88.7 Å². The maximum atomic E-state index is 12.3. The van der Waals surface area contributed by atoms with Crippen molar-refractivity contribution in [3.63, 3.8) is 0 Å². The summed E-state index contributed by atoms with van der Waals surface area (Å²) in [5.74, 6) is 1.18. The second-order valence-corrected chi connectivity index (χ2v) is 7.80. The minimum Gasteiger partial charge on any atom is -0.490 e. The molecule has 2 amide bonds. The van der Waals surface area contributed by atoms with Gasteiger partial charge in [-0.3, -0.25) is 9.59 Å². The summed E-state index contributed by atoms with van der Waals surface area (Å²) in [5, 5.41) is 8.83. The summed E-state index contributed by atoms with van der Waals surface area (Å²) in [4.78, 5) is 24.6. The molecule has 1 atom stereocenters. The van der Waals surface area contributed by atoms with Crippen LogP contribution >= 0.6 is 0 Å². The Kier molecular flexibility index (Phi) is 9.34. The molecule has 0 heterocycles. The fraction of sp³-hybridized carbons (Fsp3) is 0.259. The number of carbonyl (C=O) groups excluding carboxylic acids is 2. The zero-order chi connectivity index (χ0) is 24.2. The smallest absolute Gasteiger partial charge is 0.251 e. The molecule has 3 N–H and O–H groups in total. The standard InChI is InChI=1S/C27H31N3O4/c1-3-20(2)29-27(32)21-8-7-9-23(18-21)28-19-26(31)30-22-12-14-25(15-13-22)34-17-16-33-24-10-5-4-6-11-24/h4-15,18,20,28H,3,16-17,19H2,1-2H3,(H,29,32)(H,30,31). The summed E-state index contributed by atoms with van der Waals surface area (Å²) in [5.41, 5.74) is 1.92. The van der Waals surface area contributed by atoms with Gasteiger partial charge in [0.2, 0.25) is 5.91 Å². The highest BCUT2D eigenvalue weighted by atomic mass is 16.5. The Hall–Kier alpha value is -4.00. The molecule has 34 heavy (non-hydrogen) atoms. The fourth-order valence-corrected chi connectivity index (χ4v) is 3.04. The highest BCUT2D eigenvalue weighted by molar-refractivity contribution is 5.96. The Morgan fingerprint density at radius 1 is 0.824 bits per heavy atom. The molecular formula is C27H31N3O4. The first-order valence-corrected chi connectivity index (χ1v) is 11.4. The van der Waals surface area contributed by atoms with Crippen LogP contribution in [-0.2, 0) is 4.79 Å². The molecule has 0 spiro atoms. The van der Waals surface area contributed by atoms with Crippen LogP contribution in [0.5, 0.6) is 11.5 Å². The molecule has 0 aliphatic carbocycles. The number of benzene rings is 3. The van der Waals surface area contributed by atoms with Crippen molar-refractivity contribution in [2.24, 2.45) is 0 Å². The molecule has 0 aromatic heterocycles. The van der Waals surface area contributed by atoms with Crippen LogP contribution in [0.1, 0.15) is 30.6 Å². The van der Waals surface area contributed by atoms with Crippen molar-refractivity contribution in [1.82, 2.24) is 5.32 Å².